The Morgan fingerprint density at radius 2 is 2.00 bits per heavy atom. The van der Waals surface area contributed by atoms with Gasteiger partial charge in [0.2, 0.25) is 5.91 Å². The van der Waals surface area contributed by atoms with E-state index in [1.807, 2.05) is 37.3 Å². The van der Waals surface area contributed by atoms with E-state index in [2.05, 4.69) is 15.5 Å². The van der Waals surface area contributed by atoms with E-state index in [0.29, 0.717) is 12.1 Å². The predicted molar refractivity (Wildman–Crippen MR) is 85.3 cm³/mol. The molecule has 4 nitrogen and oxygen atoms in total. The van der Waals surface area contributed by atoms with E-state index in [0.717, 1.165) is 12.1 Å². The van der Waals surface area contributed by atoms with Crippen molar-refractivity contribution in [3.8, 4) is 0 Å². The maximum Gasteiger partial charge on any atom is 0.241 e. The number of rotatable bonds is 4. The molecule has 1 aromatic rings. The van der Waals surface area contributed by atoms with Gasteiger partial charge in [-0.2, -0.15) is 0 Å². The van der Waals surface area contributed by atoms with Crippen LogP contribution in [0.2, 0.25) is 0 Å². The van der Waals surface area contributed by atoms with Crippen molar-refractivity contribution >= 4 is 11.6 Å². The number of piperidine rings is 1. The molecular weight excluding hydrogens is 262 g/mol. The molecule has 2 heterocycles. The van der Waals surface area contributed by atoms with Gasteiger partial charge in [-0.25, -0.2) is 0 Å². The molecule has 0 radical (unpaired) electrons. The van der Waals surface area contributed by atoms with Gasteiger partial charge in [-0.05, 0) is 44.9 Å². The number of anilines is 1. The van der Waals surface area contributed by atoms with Crippen LogP contribution < -0.4 is 10.6 Å². The molecule has 4 heteroatoms. The lowest BCUT2D eigenvalue weighted by molar-refractivity contribution is -0.118. The smallest absolute Gasteiger partial charge is 0.241 e. The van der Waals surface area contributed by atoms with Crippen LogP contribution in [0.15, 0.2) is 30.3 Å². The van der Waals surface area contributed by atoms with Crippen LogP contribution in [0.4, 0.5) is 5.69 Å². The van der Waals surface area contributed by atoms with Crippen molar-refractivity contribution in [2.75, 3.05) is 18.4 Å². The van der Waals surface area contributed by atoms with Crippen LogP contribution in [0.1, 0.15) is 32.6 Å². The number of amides is 1. The molecule has 2 aliphatic rings. The fourth-order valence-corrected chi connectivity index (χ4v) is 3.61. The van der Waals surface area contributed by atoms with E-state index >= 15 is 0 Å². The molecule has 0 bridgehead atoms. The molecule has 3 rings (SSSR count). The number of para-hydroxylation sites is 1. The van der Waals surface area contributed by atoms with Gasteiger partial charge in [0.25, 0.3) is 0 Å². The minimum absolute atomic E-state index is 0.0514. The number of nitrogens with one attached hydrogen (secondary N) is 2. The first kappa shape index (κ1) is 14.5. The Labute approximate surface area is 126 Å². The first-order chi connectivity index (χ1) is 10.2. The van der Waals surface area contributed by atoms with E-state index in [-0.39, 0.29) is 11.9 Å². The molecule has 2 N–H and O–H groups in total. The number of hydrogen-bond acceptors (Lipinski definition) is 3. The minimum Gasteiger partial charge on any atom is -0.325 e. The minimum atomic E-state index is -0.155. The number of fused-ring (bicyclic) bond motifs is 1. The molecule has 1 aromatic carbocycles. The third kappa shape index (κ3) is 3.44. The van der Waals surface area contributed by atoms with E-state index in [4.69, 9.17) is 0 Å². The number of carbonyl (C=O) groups is 1. The molecule has 21 heavy (non-hydrogen) atoms. The topological polar surface area (TPSA) is 44.4 Å². The Morgan fingerprint density at radius 3 is 2.81 bits per heavy atom. The second kappa shape index (κ2) is 6.58. The van der Waals surface area contributed by atoms with Gasteiger partial charge in [0.05, 0.1) is 6.04 Å². The second-order valence-electron chi connectivity index (χ2n) is 6.24. The third-order valence-corrected chi connectivity index (χ3v) is 4.75. The Hall–Kier alpha value is -1.39. The summed E-state index contributed by atoms with van der Waals surface area (Å²) >= 11 is 0. The summed E-state index contributed by atoms with van der Waals surface area (Å²) in [6, 6.07) is 10.6. The van der Waals surface area contributed by atoms with Crippen LogP contribution in [0, 0.1) is 0 Å². The summed E-state index contributed by atoms with van der Waals surface area (Å²) in [5.41, 5.74) is 0.863. The molecule has 3 unspecified atom stereocenters. The SMILES string of the molecule is CC(NC1CCN2CCCCC12)C(=O)Nc1ccccc1. The highest BCUT2D eigenvalue weighted by Gasteiger charge is 2.36. The second-order valence-corrected chi connectivity index (χ2v) is 6.24. The molecule has 0 saturated carbocycles. The Bertz CT molecular complexity index is 476. The van der Waals surface area contributed by atoms with Gasteiger partial charge >= 0.3 is 0 Å². The van der Waals surface area contributed by atoms with E-state index in [1.54, 1.807) is 0 Å². The van der Waals surface area contributed by atoms with Crippen LogP contribution in [0.3, 0.4) is 0 Å². The maximum atomic E-state index is 12.3. The summed E-state index contributed by atoms with van der Waals surface area (Å²) < 4.78 is 0. The van der Waals surface area contributed by atoms with Crippen molar-refractivity contribution in [3.63, 3.8) is 0 Å². The Kier molecular flexibility index (Phi) is 4.56. The third-order valence-electron chi connectivity index (χ3n) is 4.75. The number of benzene rings is 1. The van der Waals surface area contributed by atoms with Gasteiger partial charge in [0.15, 0.2) is 0 Å². The van der Waals surface area contributed by atoms with Crippen molar-refractivity contribution in [2.45, 2.75) is 50.7 Å². The van der Waals surface area contributed by atoms with Crippen molar-refractivity contribution in [1.82, 2.24) is 10.2 Å². The average Bonchev–Trinajstić information content (AvgIpc) is 2.91. The van der Waals surface area contributed by atoms with Gasteiger partial charge in [-0.15, -0.1) is 0 Å². The predicted octanol–water partition coefficient (Wildman–Crippen LogP) is 2.23. The van der Waals surface area contributed by atoms with Crippen LogP contribution in [0.5, 0.6) is 0 Å². The molecule has 0 aromatic heterocycles. The highest BCUT2D eigenvalue weighted by molar-refractivity contribution is 5.94. The normalized spacial score (nSPS) is 27.1. The van der Waals surface area contributed by atoms with Crippen molar-refractivity contribution < 1.29 is 4.79 Å². The van der Waals surface area contributed by atoms with Crippen LogP contribution in [-0.4, -0.2) is 42.0 Å². The standard InChI is InChI=1S/C17H25N3O/c1-13(17(21)19-14-7-3-2-4-8-14)18-15-10-12-20-11-6-5-9-16(15)20/h2-4,7-8,13,15-16,18H,5-6,9-12H2,1H3,(H,19,21). The molecule has 2 aliphatic heterocycles. The summed E-state index contributed by atoms with van der Waals surface area (Å²) in [6.07, 6.45) is 5.08. The summed E-state index contributed by atoms with van der Waals surface area (Å²) in [5, 5.41) is 6.52. The Morgan fingerprint density at radius 1 is 1.19 bits per heavy atom. The first-order valence-electron chi connectivity index (χ1n) is 8.10. The molecule has 0 aliphatic carbocycles. The molecule has 2 saturated heterocycles. The summed E-state index contributed by atoms with van der Waals surface area (Å²) in [4.78, 5) is 14.9. The zero-order valence-corrected chi connectivity index (χ0v) is 12.7. The zero-order chi connectivity index (χ0) is 14.7. The fraction of sp³-hybridized carbons (Fsp3) is 0.588. The van der Waals surface area contributed by atoms with E-state index in [1.165, 1.54) is 32.4 Å². The van der Waals surface area contributed by atoms with Crippen LogP contribution in [0.25, 0.3) is 0 Å². The van der Waals surface area contributed by atoms with Gasteiger partial charge < -0.3 is 10.6 Å². The highest BCUT2D eigenvalue weighted by Crippen LogP contribution is 2.27. The quantitative estimate of drug-likeness (QED) is 0.892. The molecule has 3 atom stereocenters. The van der Waals surface area contributed by atoms with Crippen molar-refractivity contribution in [2.24, 2.45) is 0 Å². The summed E-state index contributed by atoms with van der Waals surface area (Å²) in [6.45, 7) is 4.37. The lowest BCUT2D eigenvalue weighted by atomic mass is 9.98. The lowest BCUT2D eigenvalue weighted by Crippen LogP contribution is -2.50. The monoisotopic (exact) mass is 287 g/mol. The van der Waals surface area contributed by atoms with Crippen LogP contribution >= 0.6 is 0 Å². The molecule has 2 fully saturated rings. The van der Waals surface area contributed by atoms with Crippen LogP contribution in [-0.2, 0) is 4.79 Å². The van der Waals surface area contributed by atoms with Gasteiger partial charge in [0, 0.05) is 24.3 Å². The largest absolute Gasteiger partial charge is 0.325 e. The molecule has 0 spiro atoms. The number of nitrogens with zero attached hydrogens (tertiary/aromatic N) is 1. The average molecular weight is 287 g/mol. The summed E-state index contributed by atoms with van der Waals surface area (Å²) in [5.74, 6) is 0.0514. The van der Waals surface area contributed by atoms with Crippen molar-refractivity contribution in [1.29, 1.82) is 0 Å². The van der Waals surface area contributed by atoms with E-state index in [9.17, 15) is 4.79 Å². The zero-order valence-electron chi connectivity index (χ0n) is 12.7. The fourth-order valence-electron chi connectivity index (χ4n) is 3.61. The number of carbonyl (C=O) groups excluding carboxylic acids is 1. The molecular formula is C17H25N3O. The van der Waals surface area contributed by atoms with Gasteiger partial charge in [-0.3, -0.25) is 9.69 Å². The number of hydrogen-bond donors (Lipinski definition) is 2. The maximum absolute atomic E-state index is 12.3. The van der Waals surface area contributed by atoms with E-state index < -0.39 is 0 Å². The Balaban J connectivity index is 1.53. The summed E-state index contributed by atoms with van der Waals surface area (Å²) in [7, 11) is 0. The van der Waals surface area contributed by atoms with Crippen molar-refractivity contribution in [3.05, 3.63) is 30.3 Å². The highest BCUT2D eigenvalue weighted by atomic mass is 16.2. The molecule has 114 valence electrons. The first-order valence-corrected chi connectivity index (χ1v) is 8.10. The van der Waals surface area contributed by atoms with Gasteiger partial charge in [0.1, 0.15) is 0 Å². The van der Waals surface area contributed by atoms with Gasteiger partial charge in [-0.1, -0.05) is 24.6 Å². The molecule has 1 amide bonds. The lowest BCUT2D eigenvalue weighted by Gasteiger charge is -2.33.